The average Bonchev–Trinajstić information content (AvgIpc) is 1.97. The van der Waals surface area contributed by atoms with E-state index in [0.29, 0.717) is 0 Å². The van der Waals surface area contributed by atoms with Crippen LogP contribution >= 0.6 is 38.5 Å². The van der Waals surface area contributed by atoms with Crippen molar-refractivity contribution < 1.29 is 0 Å². The first-order chi connectivity index (χ1) is 5.15. The van der Waals surface area contributed by atoms with Crippen molar-refractivity contribution in [2.24, 2.45) is 0 Å². The van der Waals surface area contributed by atoms with E-state index in [1.54, 1.807) is 0 Å². The highest BCUT2D eigenvalue weighted by Gasteiger charge is 2.01. The molecule has 0 aromatic heterocycles. The van der Waals surface area contributed by atoms with Gasteiger partial charge in [-0.3, -0.25) is 0 Å². The van der Waals surface area contributed by atoms with Crippen LogP contribution in [0.1, 0.15) is 11.1 Å². The summed E-state index contributed by atoms with van der Waals surface area (Å²) in [5, 5.41) is 8.66. The maximum atomic E-state index is 8.66. The highest BCUT2D eigenvalue weighted by atomic mass is 127. The van der Waals surface area contributed by atoms with Crippen LogP contribution < -0.4 is 0 Å². The molecule has 0 atom stereocenters. The Labute approximate surface area is 87.7 Å². The number of halogens is 2. The number of benzene rings is 1. The molecule has 0 unspecified atom stereocenters. The summed E-state index contributed by atoms with van der Waals surface area (Å²) in [7, 11) is 0. The van der Waals surface area contributed by atoms with Gasteiger partial charge in [0.1, 0.15) is 6.07 Å². The van der Waals surface area contributed by atoms with Crippen LogP contribution in [-0.2, 0) is 0 Å². The second-order valence-corrected chi connectivity index (χ2v) is 4.21. The van der Waals surface area contributed by atoms with Gasteiger partial charge in [-0.1, -0.05) is 15.9 Å². The Hall–Kier alpha value is -0.0800. The van der Waals surface area contributed by atoms with Crippen molar-refractivity contribution in [3.8, 4) is 6.07 Å². The summed E-state index contributed by atoms with van der Waals surface area (Å²) in [6.07, 6.45) is 0. The van der Waals surface area contributed by atoms with Gasteiger partial charge in [0.2, 0.25) is 0 Å². The smallest absolute Gasteiger partial charge is 0.100 e. The molecule has 0 saturated heterocycles. The van der Waals surface area contributed by atoms with Crippen LogP contribution in [0.15, 0.2) is 16.6 Å². The molecule has 56 valence electrons. The van der Waals surface area contributed by atoms with E-state index in [9.17, 15) is 0 Å². The van der Waals surface area contributed by atoms with E-state index >= 15 is 0 Å². The number of hydrogen-bond acceptors (Lipinski definition) is 1. The lowest BCUT2D eigenvalue weighted by Crippen LogP contribution is -1.84. The predicted molar refractivity (Wildman–Crippen MR) is 56.3 cm³/mol. The van der Waals surface area contributed by atoms with Crippen LogP contribution in [0.2, 0.25) is 0 Å². The molecular weight excluding hydrogens is 317 g/mol. The second-order valence-electron chi connectivity index (χ2n) is 2.19. The van der Waals surface area contributed by atoms with Crippen LogP contribution in [0, 0.1) is 21.8 Å². The molecule has 0 saturated carbocycles. The maximum Gasteiger partial charge on any atom is 0.100 e. The van der Waals surface area contributed by atoms with Crippen molar-refractivity contribution in [3.05, 3.63) is 31.3 Å². The van der Waals surface area contributed by atoms with Gasteiger partial charge in [-0.15, -0.1) is 0 Å². The van der Waals surface area contributed by atoms with Crippen LogP contribution in [0.5, 0.6) is 0 Å². The Balaban J connectivity index is 3.35. The van der Waals surface area contributed by atoms with Crippen molar-refractivity contribution in [2.45, 2.75) is 6.92 Å². The van der Waals surface area contributed by atoms with Crippen molar-refractivity contribution in [1.82, 2.24) is 0 Å². The van der Waals surface area contributed by atoms with Gasteiger partial charge in [-0.05, 0) is 47.2 Å². The number of aryl methyl sites for hydroxylation is 1. The van der Waals surface area contributed by atoms with E-state index in [-0.39, 0.29) is 0 Å². The summed E-state index contributed by atoms with van der Waals surface area (Å²) in [5.41, 5.74) is 1.84. The second kappa shape index (κ2) is 3.55. The molecule has 0 aliphatic rings. The van der Waals surface area contributed by atoms with E-state index in [1.165, 1.54) is 0 Å². The Bertz CT molecular complexity index is 328. The highest BCUT2D eigenvalue weighted by Crippen LogP contribution is 2.21. The predicted octanol–water partition coefficient (Wildman–Crippen LogP) is 3.23. The third-order valence-electron chi connectivity index (χ3n) is 1.37. The number of nitriles is 1. The van der Waals surface area contributed by atoms with Crippen molar-refractivity contribution in [1.29, 1.82) is 5.26 Å². The Morgan fingerprint density at radius 3 is 2.73 bits per heavy atom. The van der Waals surface area contributed by atoms with Gasteiger partial charge >= 0.3 is 0 Å². The number of nitrogens with zero attached hydrogens (tertiary/aromatic N) is 1. The third kappa shape index (κ3) is 1.94. The molecule has 0 bridgehead atoms. The minimum absolute atomic E-state index is 0.742. The molecule has 1 aromatic rings. The first-order valence-corrected chi connectivity index (χ1v) is 4.88. The zero-order valence-electron chi connectivity index (χ0n) is 5.86. The lowest BCUT2D eigenvalue weighted by Gasteiger charge is -1.99. The first-order valence-electron chi connectivity index (χ1n) is 3.01. The Morgan fingerprint density at radius 2 is 2.18 bits per heavy atom. The fraction of sp³-hybridized carbons (Fsp3) is 0.125. The van der Waals surface area contributed by atoms with Gasteiger partial charge in [-0.2, -0.15) is 5.26 Å². The SMILES string of the molecule is Cc1cc(C#N)c(I)cc1Br. The van der Waals surface area contributed by atoms with Gasteiger partial charge in [0.15, 0.2) is 0 Å². The van der Waals surface area contributed by atoms with Crippen molar-refractivity contribution >= 4 is 38.5 Å². The molecule has 0 N–H and O–H groups in total. The zero-order chi connectivity index (χ0) is 8.43. The lowest BCUT2D eigenvalue weighted by atomic mass is 10.2. The Kier molecular flexibility index (Phi) is 2.90. The summed E-state index contributed by atoms with van der Waals surface area (Å²) in [6.45, 7) is 1.97. The van der Waals surface area contributed by atoms with E-state index in [4.69, 9.17) is 5.26 Å². The largest absolute Gasteiger partial charge is 0.192 e. The number of rotatable bonds is 0. The highest BCUT2D eigenvalue weighted by molar-refractivity contribution is 14.1. The average molecular weight is 322 g/mol. The molecule has 0 radical (unpaired) electrons. The summed E-state index contributed by atoms with van der Waals surface area (Å²) < 4.78 is 2.04. The molecule has 3 heteroatoms. The fourth-order valence-electron chi connectivity index (χ4n) is 0.743. The van der Waals surface area contributed by atoms with E-state index in [2.05, 4.69) is 44.6 Å². The van der Waals surface area contributed by atoms with Gasteiger partial charge in [0.05, 0.1) is 5.56 Å². The monoisotopic (exact) mass is 321 g/mol. The van der Waals surface area contributed by atoms with Gasteiger partial charge in [0.25, 0.3) is 0 Å². The summed E-state index contributed by atoms with van der Waals surface area (Å²) in [5.74, 6) is 0. The molecule has 0 aliphatic carbocycles. The fourth-order valence-corrected chi connectivity index (χ4v) is 2.10. The van der Waals surface area contributed by atoms with E-state index < -0.39 is 0 Å². The molecule has 11 heavy (non-hydrogen) atoms. The minimum atomic E-state index is 0.742. The quantitative estimate of drug-likeness (QED) is 0.673. The molecule has 1 aromatic carbocycles. The Morgan fingerprint density at radius 1 is 1.55 bits per heavy atom. The standard InChI is InChI=1S/C8H5BrIN/c1-5-2-6(4-11)8(10)3-7(5)9/h2-3H,1H3. The van der Waals surface area contributed by atoms with Crippen LogP contribution in [0.25, 0.3) is 0 Å². The molecule has 0 amide bonds. The molecule has 0 aliphatic heterocycles. The minimum Gasteiger partial charge on any atom is -0.192 e. The van der Waals surface area contributed by atoms with Crippen LogP contribution in [0.3, 0.4) is 0 Å². The summed E-state index contributed by atoms with van der Waals surface area (Å²) in [6, 6.07) is 5.97. The van der Waals surface area contributed by atoms with Gasteiger partial charge < -0.3 is 0 Å². The summed E-state index contributed by atoms with van der Waals surface area (Å²) in [4.78, 5) is 0. The zero-order valence-corrected chi connectivity index (χ0v) is 9.60. The molecule has 0 fully saturated rings. The van der Waals surface area contributed by atoms with Crippen LogP contribution in [0.4, 0.5) is 0 Å². The lowest BCUT2D eigenvalue weighted by molar-refractivity contribution is 1.37. The van der Waals surface area contributed by atoms with Gasteiger partial charge in [0, 0.05) is 8.04 Å². The van der Waals surface area contributed by atoms with E-state index in [0.717, 1.165) is 19.2 Å². The molecule has 1 rings (SSSR count). The third-order valence-corrected chi connectivity index (χ3v) is 3.12. The van der Waals surface area contributed by atoms with Gasteiger partial charge in [-0.25, -0.2) is 0 Å². The van der Waals surface area contributed by atoms with E-state index in [1.807, 2.05) is 19.1 Å². The molecule has 0 spiro atoms. The van der Waals surface area contributed by atoms with Crippen molar-refractivity contribution in [3.63, 3.8) is 0 Å². The number of hydrogen-bond donors (Lipinski definition) is 0. The van der Waals surface area contributed by atoms with Crippen molar-refractivity contribution in [2.75, 3.05) is 0 Å². The normalized spacial score (nSPS) is 9.27. The molecule has 0 heterocycles. The summed E-state index contributed by atoms with van der Waals surface area (Å²) >= 11 is 5.55. The first kappa shape index (κ1) is 9.01. The maximum absolute atomic E-state index is 8.66. The van der Waals surface area contributed by atoms with Crippen LogP contribution in [-0.4, -0.2) is 0 Å². The molecular formula is C8H5BrIN. The molecule has 1 nitrogen and oxygen atoms in total. The topological polar surface area (TPSA) is 23.8 Å².